The molecule has 23 heavy (non-hydrogen) atoms. The van der Waals surface area contributed by atoms with E-state index in [1.54, 1.807) is 4.90 Å². The van der Waals surface area contributed by atoms with Gasteiger partial charge in [0.1, 0.15) is 5.75 Å². The van der Waals surface area contributed by atoms with E-state index in [9.17, 15) is 4.79 Å². The van der Waals surface area contributed by atoms with E-state index in [1.807, 2.05) is 42.5 Å². The summed E-state index contributed by atoms with van der Waals surface area (Å²) in [5, 5.41) is 0. The van der Waals surface area contributed by atoms with E-state index >= 15 is 0 Å². The highest BCUT2D eigenvalue weighted by molar-refractivity contribution is 9.10. The van der Waals surface area contributed by atoms with Gasteiger partial charge in [-0.1, -0.05) is 46.3 Å². The Hall–Kier alpha value is -1.85. The number of amides is 1. The molecule has 0 radical (unpaired) electrons. The topological polar surface area (TPSA) is 55.6 Å². The van der Waals surface area contributed by atoms with Crippen LogP contribution in [0.15, 0.2) is 59.1 Å². The molecular weight excluding hydrogens is 356 g/mol. The molecule has 0 spiro atoms. The average molecular weight is 375 g/mol. The highest BCUT2D eigenvalue weighted by Gasteiger charge is 2.33. The van der Waals surface area contributed by atoms with Gasteiger partial charge in [-0.25, -0.2) is 0 Å². The maximum Gasteiger partial charge on any atom is 0.260 e. The first-order valence-electron chi connectivity index (χ1n) is 7.60. The molecular formula is C18H19BrN2O2. The van der Waals surface area contributed by atoms with E-state index in [2.05, 4.69) is 28.1 Å². The van der Waals surface area contributed by atoms with Gasteiger partial charge in [0.05, 0.1) is 0 Å². The Morgan fingerprint density at radius 1 is 1.13 bits per heavy atom. The van der Waals surface area contributed by atoms with Crippen LogP contribution >= 0.6 is 15.9 Å². The van der Waals surface area contributed by atoms with Gasteiger partial charge in [0.25, 0.3) is 5.91 Å². The number of nitrogens with two attached hydrogens (primary N) is 1. The van der Waals surface area contributed by atoms with Crippen LogP contribution in [0.1, 0.15) is 11.5 Å². The number of hydrogen-bond donors (Lipinski definition) is 1. The summed E-state index contributed by atoms with van der Waals surface area (Å²) in [4.78, 5) is 14.1. The maximum absolute atomic E-state index is 12.3. The number of carbonyl (C=O) groups excluding carboxylic acids is 1. The summed E-state index contributed by atoms with van der Waals surface area (Å²) in [7, 11) is 0. The monoisotopic (exact) mass is 374 g/mol. The molecule has 1 aliphatic heterocycles. The van der Waals surface area contributed by atoms with Gasteiger partial charge in [0.15, 0.2) is 6.61 Å². The Morgan fingerprint density at radius 2 is 1.83 bits per heavy atom. The fraction of sp³-hybridized carbons (Fsp3) is 0.278. The number of halogens is 1. The molecule has 4 nitrogen and oxygen atoms in total. The van der Waals surface area contributed by atoms with Crippen molar-refractivity contribution in [3.8, 4) is 5.75 Å². The van der Waals surface area contributed by atoms with Gasteiger partial charge in [0, 0.05) is 29.5 Å². The van der Waals surface area contributed by atoms with E-state index in [1.165, 1.54) is 5.56 Å². The first kappa shape index (κ1) is 16.0. The van der Waals surface area contributed by atoms with E-state index in [0.29, 0.717) is 18.8 Å². The number of carbonyl (C=O) groups is 1. The number of rotatable bonds is 4. The summed E-state index contributed by atoms with van der Waals surface area (Å²) in [5.41, 5.74) is 7.41. The fourth-order valence-electron chi connectivity index (χ4n) is 2.85. The van der Waals surface area contributed by atoms with Crippen molar-refractivity contribution in [1.82, 2.24) is 4.90 Å². The van der Waals surface area contributed by atoms with Crippen molar-refractivity contribution in [2.75, 3.05) is 19.7 Å². The third kappa shape index (κ3) is 3.92. The summed E-state index contributed by atoms with van der Waals surface area (Å²) >= 11 is 3.37. The average Bonchev–Trinajstić information content (AvgIpc) is 2.97. The van der Waals surface area contributed by atoms with Crippen molar-refractivity contribution in [2.45, 2.75) is 12.0 Å². The molecule has 0 aromatic heterocycles. The molecule has 3 rings (SSSR count). The number of hydrogen-bond acceptors (Lipinski definition) is 3. The van der Waals surface area contributed by atoms with Gasteiger partial charge < -0.3 is 15.4 Å². The second-order valence-electron chi connectivity index (χ2n) is 5.72. The standard InChI is InChI=1S/C18H19BrN2O2/c19-14-6-8-15(9-7-14)23-12-18(22)21-10-16(17(20)11-21)13-4-2-1-3-5-13/h1-9,16-17H,10-12,20H2/t16-,17+/m0/s1. The van der Waals surface area contributed by atoms with Crippen LogP contribution < -0.4 is 10.5 Å². The number of nitrogens with zero attached hydrogens (tertiary/aromatic N) is 1. The third-order valence-electron chi connectivity index (χ3n) is 4.12. The smallest absolute Gasteiger partial charge is 0.260 e. The summed E-state index contributed by atoms with van der Waals surface area (Å²) in [5.74, 6) is 0.847. The second-order valence-corrected chi connectivity index (χ2v) is 6.64. The number of likely N-dealkylation sites (tertiary alicyclic amines) is 1. The van der Waals surface area contributed by atoms with Crippen molar-refractivity contribution in [3.05, 3.63) is 64.6 Å². The number of benzene rings is 2. The lowest BCUT2D eigenvalue weighted by atomic mass is 9.95. The van der Waals surface area contributed by atoms with Crippen molar-refractivity contribution in [3.63, 3.8) is 0 Å². The summed E-state index contributed by atoms with van der Waals surface area (Å²) < 4.78 is 6.54. The van der Waals surface area contributed by atoms with Crippen molar-refractivity contribution in [2.24, 2.45) is 5.73 Å². The molecule has 0 unspecified atom stereocenters. The van der Waals surface area contributed by atoms with E-state index in [-0.39, 0.29) is 24.5 Å². The summed E-state index contributed by atoms with van der Waals surface area (Å²) in [6.45, 7) is 1.26. The Labute approximate surface area is 144 Å². The van der Waals surface area contributed by atoms with Gasteiger partial charge in [-0.2, -0.15) is 0 Å². The molecule has 1 saturated heterocycles. The quantitative estimate of drug-likeness (QED) is 0.894. The zero-order valence-corrected chi connectivity index (χ0v) is 14.3. The zero-order chi connectivity index (χ0) is 16.2. The minimum atomic E-state index is -0.0333. The number of ether oxygens (including phenoxy) is 1. The van der Waals surface area contributed by atoms with Gasteiger partial charge in [-0.15, -0.1) is 0 Å². The first-order chi connectivity index (χ1) is 11.1. The summed E-state index contributed by atoms with van der Waals surface area (Å²) in [6, 6.07) is 17.5. The molecule has 5 heteroatoms. The van der Waals surface area contributed by atoms with Crippen LogP contribution in [0.25, 0.3) is 0 Å². The maximum atomic E-state index is 12.3. The molecule has 120 valence electrons. The van der Waals surface area contributed by atoms with E-state index in [4.69, 9.17) is 10.5 Å². The second kappa shape index (κ2) is 7.15. The van der Waals surface area contributed by atoms with Gasteiger partial charge in [-0.3, -0.25) is 4.79 Å². The van der Waals surface area contributed by atoms with Crippen LogP contribution in [0.2, 0.25) is 0 Å². The van der Waals surface area contributed by atoms with Crippen LogP contribution in [0.5, 0.6) is 5.75 Å². The molecule has 0 saturated carbocycles. The van der Waals surface area contributed by atoms with Crippen molar-refractivity contribution in [1.29, 1.82) is 0 Å². The van der Waals surface area contributed by atoms with Gasteiger partial charge in [0.2, 0.25) is 0 Å². The SMILES string of the molecule is N[C@@H]1CN(C(=O)COc2ccc(Br)cc2)C[C@H]1c1ccccc1. The van der Waals surface area contributed by atoms with Crippen LogP contribution in [-0.4, -0.2) is 36.5 Å². The van der Waals surface area contributed by atoms with Crippen LogP contribution in [0.4, 0.5) is 0 Å². The minimum Gasteiger partial charge on any atom is -0.484 e. The molecule has 1 heterocycles. The summed E-state index contributed by atoms with van der Waals surface area (Å²) in [6.07, 6.45) is 0. The third-order valence-corrected chi connectivity index (χ3v) is 4.65. The minimum absolute atomic E-state index is 0.0261. The van der Waals surface area contributed by atoms with Gasteiger partial charge >= 0.3 is 0 Å². The van der Waals surface area contributed by atoms with Crippen molar-refractivity contribution >= 4 is 21.8 Å². The predicted molar refractivity (Wildman–Crippen MR) is 93.4 cm³/mol. The van der Waals surface area contributed by atoms with E-state index in [0.717, 1.165) is 4.47 Å². The van der Waals surface area contributed by atoms with Crippen LogP contribution in [0, 0.1) is 0 Å². The largest absolute Gasteiger partial charge is 0.484 e. The first-order valence-corrected chi connectivity index (χ1v) is 8.39. The highest BCUT2D eigenvalue weighted by atomic mass is 79.9. The molecule has 2 atom stereocenters. The Morgan fingerprint density at radius 3 is 2.52 bits per heavy atom. The predicted octanol–water partition coefficient (Wildman–Crippen LogP) is 2.78. The molecule has 0 aliphatic carbocycles. The van der Waals surface area contributed by atoms with Crippen LogP contribution in [0.3, 0.4) is 0 Å². The lowest BCUT2D eigenvalue weighted by Crippen LogP contribution is -2.35. The van der Waals surface area contributed by atoms with Crippen LogP contribution in [-0.2, 0) is 4.79 Å². The lowest BCUT2D eigenvalue weighted by molar-refractivity contribution is -0.132. The Kier molecular flexibility index (Phi) is 4.98. The Bertz CT molecular complexity index is 660. The van der Waals surface area contributed by atoms with Crippen molar-refractivity contribution < 1.29 is 9.53 Å². The Balaban J connectivity index is 1.57. The zero-order valence-electron chi connectivity index (χ0n) is 12.7. The molecule has 2 aromatic carbocycles. The molecule has 1 amide bonds. The van der Waals surface area contributed by atoms with Gasteiger partial charge in [-0.05, 0) is 29.8 Å². The van der Waals surface area contributed by atoms with E-state index < -0.39 is 0 Å². The highest BCUT2D eigenvalue weighted by Crippen LogP contribution is 2.26. The molecule has 0 bridgehead atoms. The lowest BCUT2D eigenvalue weighted by Gasteiger charge is -2.17. The molecule has 1 aliphatic rings. The molecule has 2 aromatic rings. The normalized spacial score (nSPS) is 20.5. The molecule has 1 fully saturated rings. The molecule has 2 N–H and O–H groups in total. The fourth-order valence-corrected chi connectivity index (χ4v) is 3.12.